The lowest BCUT2D eigenvalue weighted by atomic mass is 10.1. The van der Waals surface area contributed by atoms with Gasteiger partial charge >= 0.3 is 5.97 Å². The Morgan fingerprint density at radius 1 is 1.03 bits per heavy atom. The van der Waals surface area contributed by atoms with Crippen LogP contribution < -0.4 is 4.74 Å². The van der Waals surface area contributed by atoms with Gasteiger partial charge in [0.15, 0.2) is 5.82 Å². The molecule has 1 fully saturated rings. The van der Waals surface area contributed by atoms with E-state index in [-0.39, 0.29) is 11.8 Å². The smallest absolute Gasteiger partial charge is 0.352 e. The molecule has 1 N–H and O–H groups in total. The van der Waals surface area contributed by atoms with Gasteiger partial charge in [-0.25, -0.2) is 14.8 Å². The van der Waals surface area contributed by atoms with Crippen molar-refractivity contribution in [1.29, 1.82) is 0 Å². The zero-order valence-corrected chi connectivity index (χ0v) is 18.2. The molecule has 6 nitrogen and oxygen atoms in total. The van der Waals surface area contributed by atoms with Crippen LogP contribution in [0.25, 0.3) is 28.0 Å². The minimum atomic E-state index is -0.982. The summed E-state index contributed by atoms with van der Waals surface area (Å²) in [7, 11) is 0. The lowest BCUT2D eigenvalue weighted by Gasteiger charge is -2.14. The molecule has 0 spiro atoms. The first-order valence-electron chi connectivity index (χ1n) is 10.2. The second-order valence-electron chi connectivity index (χ2n) is 7.69. The molecule has 0 unspecified atom stereocenters. The largest absolute Gasteiger partial charge is 0.490 e. The molecule has 0 aliphatic heterocycles. The number of ether oxygens (including phenoxy) is 1. The van der Waals surface area contributed by atoms with Gasteiger partial charge in [0.25, 0.3) is 0 Å². The monoisotopic (exact) mass is 477 g/mol. The van der Waals surface area contributed by atoms with Crippen LogP contribution in [0.2, 0.25) is 0 Å². The van der Waals surface area contributed by atoms with E-state index in [1.54, 1.807) is 23.0 Å². The molecule has 1 aliphatic rings. The summed E-state index contributed by atoms with van der Waals surface area (Å²) in [6.07, 6.45) is 8.29. The Kier molecular flexibility index (Phi) is 5.19. The average Bonchev–Trinajstić information content (AvgIpc) is 3.42. The molecule has 156 valence electrons. The first-order valence-corrected chi connectivity index (χ1v) is 11.0. The highest BCUT2D eigenvalue weighted by Crippen LogP contribution is 2.30. The Bertz CT molecular complexity index is 1240. The van der Waals surface area contributed by atoms with Crippen molar-refractivity contribution >= 4 is 32.8 Å². The number of hydrogen-bond donors (Lipinski definition) is 1. The van der Waals surface area contributed by atoms with Crippen LogP contribution in [0.15, 0.2) is 65.4 Å². The molecule has 7 heteroatoms. The molecular weight excluding hydrogens is 458 g/mol. The molecule has 0 saturated heterocycles. The van der Waals surface area contributed by atoms with Crippen LogP contribution >= 0.6 is 15.9 Å². The summed E-state index contributed by atoms with van der Waals surface area (Å²) >= 11 is 3.34. The van der Waals surface area contributed by atoms with Gasteiger partial charge in [0.2, 0.25) is 0 Å². The van der Waals surface area contributed by atoms with E-state index >= 15 is 0 Å². The molecule has 0 radical (unpaired) electrons. The molecule has 1 aliphatic carbocycles. The summed E-state index contributed by atoms with van der Waals surface area (Å²) in [6, 6.07) is 15.0. The predicted molar refractivity (Wildman–Crippen MR) is 122 cm³/mol. The minimum absolute atomic E-state index is 0.202. The van der Waals surface area contributed by atoms with Crippen LogP contribution in [0.3, 0.4) is 0 Å². The van der Waals surface area contributed by atoms with Crippen LogP contribution in [0.5, 0.6) is 5.75 Å². The number of rotatable bonds is 5. The number of aromatic nitrogens is 3. The summed E-state index contributed by atoms with van der Waals surface area (Å²) in [5.41, 5.74) is 2.62. The van der Waals surface area contributed by atoms with Gasteiger partial charge in [-0.1, -0.05) is 0 Å². The molecular formula is C24H20BrN3O3. The van der Waals surface area contributed by atoms with E-state index in [0.29, 0.717) is 5.82 Å². The van der Waals surface area contributed by atoms with E-state index in [4.69, 9.17) is 4.74 Å². The van der Waals surface area contributed by atoms with Crippen molar-refractivity contribution in [3.63, 3.8) is 0 Å². The highest BCUT2D eigenvalue weighted by molar-refractivity contribution is 9.10. The second-order valence-corrected chi connectivity index (χ2v) is 8.60. The Morgan fingerprint density at radius 3 is 2.42 bits per heavy atom. The summed E-state index contributed by atoms with van der Waals surface area (Å²) < 4.78 is 8.60. The van der Waals surface area contributed by atoms with Crippen molar-refractivity contribution in [3.05, 3.63) is 71.1 Å². The molecule has 4 aromatic rings. The van der Waals surface area contributed by atoms with Gasteiger partial charge in [0, 0.05) is 29.0 Å². The third-order valence-electron chi connectivity index (χ3n) is 5.60. The second kappa shape index (κ2) is 8.15. The van der Waals surface area contributed by atoms with Gasteiger partial charge < -0.3 is 14.4 Å². The average molecular weight is 478 g/mol. The van der Waals surface area contributed by atoms with Gasteiger partial charge in [0.05, 0.1) is 16.1 Å². The zero-order chi connectivity index (χ0) is 21.4. The number of aromatic carboxylic acids is 1. The number of halogens is 1. The number of benzene rings is 2. The lowest BCUT2D eigenvalue weighted by Crippen LogP contribution is -2.11. The number of carboxylic acid groups (broad SMARTS) is 1. The number of nitrogens with zero attached hydrogens (tertiary/aromatic N) is 3. The van der Waals surface area contributed by atoms with Crippen molar-refractivity contribution in [2.24, 2.45) is 0 Å². The molecule has 31 heavy (non-hydrogen) atoms. The van der Waals surface area contributed by atoms with Gasteiger partial charge in [0.1, 0.15) is 11.4 Å². The van der Waals surface area contributed by atoms with Gasteiger partial charge in [-0.3, -0.25) is 0 Å². The molecule has 1 saturated carbocycles. The molecule has 2 heterocycles. The number of hydrogen-bond acceptors (Lipinski definition) is 4. The van der Waals surface area contributed by atoms with Gasteiger partial charge in [-0.05, 0) is 90.1 Å². The van der Waals surface area contributed by atoms with Crippen LogP contribution in [0, 0.1) is 0 Å². The van der Waals surface area contributed by atoms with Gasteiger partial charge in [-0.15, -0.1) is 0 Å². The van der Waals surface area contributed by atoms with E-state index in [9.17, 15) is 9.90 Å². The minimum Gasteiger partial charge on any atom is -0.490 e. The van der Waals surface area contributed by atoms with E-state index in [1.807, 2.05) is 42.5 Å². The molecule has 5 rings (SSSR count). The standard InChI is InChI=1S/C24H20BrN3O3/c25-17-13-26-23(27-14-17)15-5-10-21-16(11-15)12-22(24(29)30)28(21)18-6-8-20(9-7-18)31-19-3-1-2-4-19/h5-14,19H,1-4H2,(H,29,30). The quantitative estimate of drug-likeness (QED) is 0.388. The maximum atomic E-state index is 12.0. The fourth-order valence-electron chi connectivity index (χ4n) is 4.12. The van der Waals surface area contributed by atoms with E-state index in [0.717, 1.165) is 45.2 Å². The first kappa shape index (κ1) is 19.8. The Morgan fingerprint density at radius 2 is 1.74 bits per heavy atom. The molecule has 2 aromatic carbocycles. The SMILES string of the molecule is O=C(O)c1cc2cc(-c3ncc(Br)cn3)ccc2n1-c1ccc(OC2CCCC2)cc1. The molecule has 0 amide bonds. The Hall–Kier alpha value is -3.19. The van der Waals surface area contributed by atoms with Crippen LogP contribution in [0.4, 0.5) is 0 Å². The summed E-state index contributed by atoms with van der Waals surface area (Å²) in [5.74, 6) is 0.422. The van der Waals surface area contributed by atoms with Crippen LogP contribution in [0.1, 0.15) is 36.2 Å². The third kappa shape index (κ3) is 3.93. The molecule has 0 atom stereocenters. The number of fused-ring (bicyclic) bond motifs is 1. The highest BCUT2D eigenvalue weighted by Gasteiger charge is 2.19. The summed E-state index contributed by atoms with van der Waals surface area (Å²) in [6.45, 7) is 0. The molecule has 2 aromatic heterocycles. The van der Waals surface area contributed by atoms with Crippen LogP contribution in [-0.2, 0) is 0 Å². The van der Waals surface area contributed by atoms with E-state index in [1.165, 1.54) is 12.8 Å². The highest BCUT2D eigenvalue weighted by atomic mass is 79.9. The summed E-state index contributed by atoms with van der Waals surface area (Å²) in [5, 5.41) is 10.6. The fraction of sp³-hybridized carbons (Fsp3) is 0.208. The lowest BCUT2D eigenvalue weighted by molar-refractivity contribution is 0.0688. The van der Waals surface area contributed by atoms with E-state index in [2.05, 4.69) is 25.9 Å². The number of carbonyl (C=O) groups is 1. The Balaban J connectivity index is 1.53. The number of carboxylic acids is 1. The van der Waals surface area contributed by atoms with E-state index < -0.39 is 5.97 Å². The van der Waals surface area contributed by atoms with Gasteiger partial charge in [-0.2, -0.15) is 0 Å². The van der Waals surface area contributed by atoms with Crippen molar-refractivity contribution in [2.75, 3.05) is 0 Å². The van der Waals surface area contributed by atoms with Crippen molar-refractivity contribution in [2.45, 2.75) is 31.8 Å². The topological polar surface area (TPSA) is 77.2 Å². The maximum Gasteiger partial charge on any atom is 0.352 e. The van der Waals surface area contributed by atoms with Crippen molar-refractivity contribution in [3.8, 4) is 22.8 Å². The zero-order valence-electron chi connectivity index (χ0n) is 16.7. The van der Waals surface area contributed by atoms with Crippen molar-refractivity contribution < 1.29 is 14.6 Å². The maximum absolute atomic E-state index is 12.0. The normalized spacial score (nSPS) is 14.2. The molecule has 0 bridgehead atoms. The predicted octanol–water partition coefficient (Wildman–Crippen LogP) is 5.87. The third-order valence-corrected chi connectivity index (χ3v) is 6.01. The Labute approximate surface area is 187 Å². The first-order chi connectivity index (χ1) is 15.1. The summed E-state index contributed by atoms with van der Waals surface area (Å²) in [4.78, 5) is 20.6. The van der Waals surface area contributed by atoms with Crippen molar-refractivity contribution in [1.82, 2.24) is 14.5 Å². The fourth-order valence-corrected chi connectivity index (χ4v) is 4.33. The van der Waals surface area contributed by atoms with Crippen LogP contribution in [-0.4, -0.2) is 31.7 Å².